The van der Waals surface area contributed by atoms with Crippen LogP contribution in [-0.2, 0) is 6.61 Å². The van der Waals surface area contributed by atoms with Crippen LogP contribution in [0, 0.1) is 10.1 Å². The second-order valence-electron chi connectivity index (χ2n) is 5.97. The maximum Gasteiger partial charge on any atom is 0.269 e. The predicted octanol–water partition coefficient (Wildman–Crippen LogP) is 5.39. The molecule has 0 heterocycles. The highest BCUT2D eigenvalue weighted by Gasteiger charge is 2.10. The van der Waals surface area contributed by atoms with Crippen LogP contribution in [0.25, 0.3) is 0 Å². The summed E-state index contributed by atoms with van der Waals surface area (Å²) in [5.41, 5.74) is 5.34. The van der Waals surface area contributed by atoms with Crippen LogP contribution in [0.4, 0.5) is 11.4 Å². The minimum Gasteiger partial charge on any atom is -0.493 e. The monoisotopic (exact) mass is 455 g/mol. The molecule has 148 valence electrons. The zero-order chi connectivity index (χ0) is 20.6. The Kier molecular flexibility index (Phi) is 6.80. The lowest BCUT2D eigenvalue weighted by molar-refractivity contribution is -0.384. The lowest BCUT2D eigenvalue weighted by Gasteiger charge is -2.12. The maximum absolute atomic E-state index is 10.7. The minimum atomic E-state index is -0.447. The van der Waals surface area contributed by atoms with Crippen molar-refractivity contribution in [3.63, 3.8) is 0 Å². The van der Waals surface area contributed by atoms with Crippen molar-refractivity contribution in [2.24, 2.45) is 5.10 Å². The summed E-state index contributed by atoms with van der Waals surface area (Å²) in [6, 6.07) is 19.5. The number of hydrogen-bond donors (Lipinski definition) is 1. The van der Waals surface area contributed by atoms with E-state index in [2.05, 4.69) is 26.5 Å². The van der Waals surface area contributed by atoms with Crippen LogP contribution >= 0.6 is 15.9 Å². The number of nitrogens with one attached hydrogen (secondary N) is 1. The van der Waals surface area contributed by atoms with Gasteiger partial charge in [0.2, 0.25) is 0 Å². The van der Waals surface area contributed by atoms with E-state index >= 15 is 0 Å². The summed E-state index contributed by atoms with van der Waals surface area (Å²) in [6.45, 7) is 0.429. The van der Waals surface area contributed by atoms with E-state index < -0.39 is 4.92 Å². The third-order valence-electron chi connectivity index (χ3n) is 4.00. The zero-order valence-corrected chi connectivity index (χ0v) is 17.1. The van der Waals surface area contributed by atoms with Gasteiger partial charge in [0.15, 0.2) is 11.5 Å². The Balaban J connectivity index is 1.69. The molecule has 7 nitrogen and oxygen atoms in total. The number of anilines is 1. The minimum absolute atomic E-state index is 0.0260. The number of nitrogens with zero attached hydrogens (tertiary/aromatic N) is 2. The van der Waals surface area contributed by atoms with Crippen LogP contribution < -0.4 is 14.9 Å². The Bertz CT molecular complexity index is 1010. The number of nitro groups is 1. The van der Waals surface area contributed by atoms with Gasteiger partial charge in [-0.3, -0.25) is 15.5 Å². The van der Waals surface area contributed by atoms with Crippen LogP contribution in [0.3, 0.4) is 0 Å². The molecule has 0 aliphatic rings. The Morgan fingerprint density at radius 2 is 1.83 bits per heavy atom. The fourth-order valence-corrected chi connectivity index (χ4v) is 2.92. The van der Waals surface area contributed by atoms with Crippen molar-refractivity contribution in [1.29, 1.82) is 0 Å². The van der Waals surface area contributed by atoms with Gasteiger partial charge in [0, 0.05) is 22.2 Å². The van der Waals surface area contributed by atoms with Crippen molar-refractivity contribution >= 4 is 33.5 Å². The SMILES string of the molecule is COc1cc(/C=N/Nc2ccc([N+](=O)[O-])cc2)c(Br)cc1OCc1ccccc1. The van der Waals surface area contributed by atoms with Gasteiger partial charge < -0.3 is 9.47 Å². The number of methoxy groups -OCH3 is 1. The lowest BCUT2D eigenvalue weighted by Crippen LogP contribution is -1.99. The molecule has 0 atom stereocenters. The number of benzene rings is 3. The largest absolute Gasteiger partial charge is 0.493 e. The fourth-order valence-electron chi connectivity index (χ4n) is 2.49. The van der Waals surface area contributed by atoms with E-state index in [0.29, 0.717) is 23.8 Å². The molecule has 0 aliphatic heterocycles. The van der Waals surface area contributed by atoms with Crippen molar-refractivity contribution in [2.45, 2.75) is 6.61 Å². The summed E-state index contributed by atoms with van der Waals surface area (Å²) >= 11 is 3.52. The van der Waals surface area contributed by atoms with Gasteiger partial charge in [0.25, 0.3) is 5.69 Å². The molecule has 0 aromatic heterocycles. The van der Waals surface area contributed by atoms with Gasteiger partial charge in [-0.1, -0.05) is 30.3 Å². The molecule has 0 unspecified atom stereocenters. The van der Waals surface area contributed by atoms with Crippen LogP contribution in [0.5, 0.6) is 11.5 Å². The summed E-state index contributed by atoms with van der Waals surface area (Å²) in [7, 11) is 1.58. The molecule has 3 aromatic carbocycles. The number of nitro benzene ring substituents is 1. The Morgan fingerprint density at radius 1 is 1.10 bits per heavy atom. The number of rotatable bonds is 8. The second-order valence-corrected chi connectivity index (χ2v) is 6.83. The highest BCUT2D eigenvalue weighted by Crippen LogP contribution is 2.33. The average molecular weight is 456 g/mol. The number of hydrazone groups is 1. The lowest BCUT2D eigenvalue weighted by atomic mass is 10.2. The molecule has 0 amide bonds. The molecule has 29 heavy (non-hydrogen) atoms. The van der Waals surface area contributed by atoms with Crippen molar-refractivity contribution in [2.75, 3.05) is 12.5 Å². The first-order chi connectivity index (χ1) is 14.1. The summed E-state index contributed by atoms with van der Waals surface area (Å²) in [5.74, 6) is 1.20. The van der Waals surface area contributed by atoms with Crippen LogP contribution in [0.15, 0.2) is 76.3 Å². The molecule has 0 aliphatic carbocycles. The Morgan fingerprint density at radius 3 is 2.48 bits per heavy atom. The molecule has 0 radical (unpaired) electrons. The molecule has 8 heteroatoms. The standard InChI is InChI=1S/C21H18BrN3O4/c1-28-20-11-16(13-23-24-17-7-9-18(10-8-17)25(26)27)19(22)12-21(20)29-14-15-5-3-2-4-6-15/h2-13,24H,14H2,1H3/b23-13+. The first-order valence-electron chi connectivity index (χ1n) is 8.64. The van der Waals surface area contributed by atoms with Crippen LogP contribution in [0.2, 0.25) is 0 Å². The topological polar surface area (TPSA) is 86.0 Å². The van der Waals surface area contributed by atoms with Crippen LogP contribution in [0.1, 0.15) is 11.1 Å². The summed E-state index contributed by atoms with van der Waals surface area (Å²) in [6.07, 6.45) is 1.62. The quantitative estimate of drug-likeness (QED) is 0.279. The van der Waals surface area contributed by atoms with Gasteiger partial charge in [0.05, 0.1) is 23.9 Å². The molecule has 0 saturated carbocycles. The highest BCUT2D eigenvalue weighted by atomic mass is 79.9. The van der Waals surface area contributed by atoms with E-state index in [-0.39, 0.29) is 5.69 Å². The third kappa shape index (κ3) is 5.55. The molecular weight excluding hydrogens is 438 g/mol. The second kappa shape index (κ2) is 9.70. The van der Waals surface area contributed by atoms with Crippen molar-refractivity contribution < 1.29 is 14.4 Å². The number of hydrogen-bond acceptors (Lipinski definition) is 6. The van der Waals surface area contributed by atoms with E-state index in [1.165, 1.54) is 12.1 Å². The first kappa shape index (κ1) is 20.3. The first-order valence-corrected chi connectivity index (χ1v) is 9.44. The molecule has 3 aromatic rings. The van der Waals surface area contributed by atoms with E-state index in [9.17, 15) is 10.1 Å². The van der Waals surface area contributed by atoms with Gasteiger partial charge in [0.1, 0.15) is 6.61 Å². The summed E-state index contributed by atoms with van der Waals surface area (Å²) in [4.78, 5) is 10.2. The number of non-ortho nitro benzene ring substituents is 1. The molecule has 1 N–H and O–H groups in total. The van der Waals surface area contributed by atoms with E-state index in [1.807, 2.05) is 42.5 Å². The molecular formula is C21H18BrN3O4. The number of halogens is 1. The number of ether oxygens (including phenoxy) is 2. The smallest absolute Gasteiger partial charge is 0.269 e. The van der Waals surface area contributed by atoms with E-state index in [4.69, 9.17) is 9.47 Å². The van der Waals surface area contributed by atoms with Gasteiger partial charge in [-0.2, -0.15) is 5.10 Å². The molecule has 3 rings (SSSR count). The predicted molar refractivity (Wildman–Crippen MR) is 116 cm³/mol. The van der Waals surface area contributed by atoms with Gasteiger partial charge >= 0.3 is 0 Å². The average Bonchev–Trinajstić information content (AvgIpc) is 2.74. The molecule has 0 saturated heterocycles. The zero-order valence-electron chi connectivity index (χ0n) is 15.5. The van der Waals surface area contributed by atoms with Gasteiger partial charge in [-0.05, 0) is 45.8 Å². The Labute approximate surface area is 176 Å². The van der Waals surface area contributed by atoms with E-state index in [0.717, 1.165) is 15.6 Å². The van der Waals surface area contributed by atoms with Crippen molar-refractivity contribution in [3.8, 4) is 11.5 Å². The van der Waals surface area contributed by atoms with E-state index in [1.54, 1.807) is 25.5 Å². The summed E-state index contributed by atoms with van der Waals surface area (Å²) in [5, 5.41) is 14.9. The summed E-state index contributed by atoms with van der Waals surface area (Å²) < 4.78 is 12.1. The maximum atomic E-state index is 10.7. The normalized spacial score (nSPS) is 10.7. The van der Waals surface area contributed by atoms with Gasteiger partial charge in [-0.25, -0.2) is 0 Å². The Hall–Kier alpha value is -3.39. The van der Waals surface area contributed by atoms with Crippen molar-refractivity contribution in [1.82, 2.24) is 0 Å². The molecule has 0 spiro atoms. The van der Waals surface area contributed by atoms with Crippen molar-refractivity contribution in [3.05, 3.63) is 92.4 Å². The molecule has 0 fully saturated rings. The van der Waals surface area contributed by atoms with Crippen LogP contribution in [-0.4, -0.2) is 18.2 Å². The molecule has 0 bridgehead atoms. The third-order valence-corrected chi connectivity index (χ3v) is 4.68. The van der Waals surface area contributed by atoms with Gasteiger partial charge in [-0.15, -0.1) is 0 Å². The highest BCUT2D eigenvalue weighted by molar-refractivity contribution is 9.10. The fraction of sp³-hybridized carbons (Fsp3) is 0.0952.